The number of ether oxygens (including phenoxy) is 5. The van der Waals surface area contributed by atoms with E-state index in [0.29, 0.717) is 16.7 Å². The molecule has 25 unspecified atom stereocenters. The number of fused-ring (bicyclic) bond motifs is 2. The minimum Gasteiger partial charge on any atom is -0.462 e. The standard InChI is InChI=1S/C68H84N14O27/c1-27(29-9-3-2-4-10-29)43-59(100)72-33(19-28-15-17-30(18-16-28)103-63-55(97)52(94)56(41(26-86)106-63)109-64-54(96)51(93)49(91)40(25-85)105-64)58(99)78-44(46(88)34-20-71-66(74-34)80-67-75-31-11-5-7-13-37(31)107-67)61(102)79-45(60(101)73-35(23-83)57(98)70-21-42(87)77-43)47(89)36-22-81(68-76-32-12-6-8-14-38(32)108-68)65(69)82(36)62-53(95)50(92)48(90)39(24-84)104-62/h2-18,27,33-36,39-41,43-56,62-64,69,83-86,88-97H,19-26H2,1H3,(H,70,98)(H,72,100)(H,73,101)(H,77,87)(H,78,99)(H,79,102)(H2,71,74,75,80). The number of amides is 6. The quantitative estimate of drug-likeness (QED) is 0.0358. The maximum absolute atomic E-state index is 15.8. The summed E-state index contributed by atoms with van der Waals surface area (Å²) in [6.07, 6.45) is -32.9. The van der Waals surface area contributed by atoms with Crippen LogP contribution in [0.15, 0.2) is 117 Å². The van der Waals surface area contributed by atoms with Crippen LogP contribution in [-0.4, -0.2) is 326 Å². The molecule has 5 fully saturated rings. The number of aliphatic hydroxyl groups is 14. The van der Waals surface area contributed by atoms with Crippen LogP contribution in [-0.2, 0) is 54.1 Å². The van der Waals surface area contributed by atoms with Crippen LogP contribution in [0.3, 0.4) is 0 Å². The Kier molecular flexibility index (Phi) is 24.6. The first-order chi connectivity index (χ1) is 52.3. The molecule has 6 aliphatic rings. The van der Waals surface area contributed by atoms with Crippen molar-refractivity contribution in [3.63, 3.8) is 0 Å². The van der Waals surface area contributed by atoms with Crippen LogP contribution in [0.25, 0.3) is 22.2 Å². The van der Waals surface area contributed by atoms with Crippen molar-refractivity contribution < 1.29 is 133 Å². The van der Waals surface area contributed by atoms with Crippen molar-refractivity contribution in [2.45, 2.75) is 166 Å². The van der Waals surface area contributed by atoms with Crippen LogP contribution in [0.4, 0.5) is 12.0 Å². The third-order valence-corrected chi connectivity index (χ3v) is 19.7. The summed E-state index contributed by atoms with van der Waals surface area (Å²) < 4.78 is 40.5. The number of nitrogens with zero attached hydrogens (tertiary/aromatic N) is 5. The number of benzene rings is 4. The fourth-order valence-corrected chi connectivity index (χ4v) is 13.5. The van der Waals surface area contributed by atoms with Gasteiger partial charge < -0.3 is 146 Å². The highest BCUT2D eigenvalue weighted by atomic mass is 16.7. The Morgan fingerprint density at radius 1 is 0.569 bits per heavy atom. The van der Waals surface area contributed by atoms with E-state index in [1.54, 1.807) is 79.7 Å². The van der Waals surface area contributed by atoms with Gasteiger partial charge in [-0.05, 0) is 47.5 Å². The first kappa shape index (κ1) is 78.8. The van der Waals surface area contributed by atoms with Gasteiger partial charge in [0, 0.05) is 12.3 Å². The molecule has 109 heavy (non-hydrogen) atoms. The maximum Gasteiger partial charge on any atom is 0.305 e. The van der Waals surface area contributed by atoms with E-state index in [1.165, 1.54) is 30.3 Å². The fourth-order valence-electron chi connectivity index (χ4n) is 13.5. The van der Waals surface area contributed by atoms with Crippen molar-refractivity contribution in [2.24, 2.45) is 4.99 Å². The second-order valence-electron chi connectivity index (χ2n) is 26.8. The molecule has 0 bridgehead atoms. The van der Waals surface area contributed by atoms with Crippen molar-refractivity contribution in [3.05, 3.63) is 114 Å². The largest absolute Gasteiger partial charge is 0.462 e. The van der Waals surface area contributed by atoms with Gasteiger partial charge in [0.2, 0.25) is 47.7 Å². The third kappa shape index (κ3) is 16.9. The number of guanidine groups is 2. The van der Waals surface area contributed by atoms with Crippen LogP contribution >= 0.6 is 0 Å². The molecule has 588 valence electrons. The lowest BCUT2D eigenvalue weighted by molar-refractivity contribution is -0.352. The Morgan fingerprint density at radius 3 is 1.81 bits per heavy atom. The van der Waals surface area contributed by atoms with Gasteiger partial charge in [0.1, 0.15) is 132 Å². The normalized spacial score (nSPS) is 33.5. The number of para-hydroxylation sites is 4. The molecule has 12 rings (SSSR count). The van der Waals surface area contributed by atoms with E-state index in [9.17, 15) is 86.5 Å². The van der Waals surface area contributed by atoms with Crippen molar-refractivity contribution in [2.75, 3.05) is 56.3 Å². The molecule has 25 atom stereocenters. The topological polar surface area (TPSA) is 623 Å². The molecule has 0 saturated carbocycles. The minimum atomic E-state index is -2.50. The zero-order valence-electron chi connectivity index (χ0n) is 57.7. The molecule has 41 nitrogen and oxygen atoms in total. The lowest BCUT2D eigenvalue weighted by atomic mass is 9.92. The van der Waals surface area contributed by atoms with E-state index in [4.69, 9.17) is 32.5 Å². The highest BCUT2D eigenvalue weighted by Crippen LogP contribution is 2.36. The van der Waals surface area contributed by atoms with Crippen molar-refractivity contribution in [1.82, 2.24) is 52.1 Å². The Hall–Kier alpha value is -9.74. The van der Waals surface area contributed by atoms with Crippen LogP contribution in [0.2, 0.25) is 0 Å². The van der Waals surface area contributed by atoms with E-state index in [-0.39, 0.29) is 46.9 Å². The van der Waals surface area contributed by atoms with Gasteiger partial charge in [-0.2, -0.15) is 9.97 Å². The van der Waals surface area contributed by atoms with Gasteiger partial charge in [-0.25, -0.2) is 0 Å². The van der Waals surface area contributed by atoms with Gasteiger partial charge in [-0.1, -0.05) is 73.7 Å². The van der Waals surface area contributed by atoms with Gasteiger partial charge in [0.05, 0.1) is 58.1 Å². The van der Waals surface area contributed by atoms with Crippen LogP contribution < -0.4 is 52.2 Å². The molecule has 6 aliphatic heterocycles. The zero-order chi connectivity index (χ0) is 77.8. The smallest absolute Gasteiger partial charge is 0.305 e. The summed E-state index contributed by atoms with van der Waals surface area (Å²) in [6, 6.07) is 12.6. The summed E-state index contributed by atoms with van der Waals surface area (Å²) >= 11 is 0. The lowest BCUT2D eigenvalue weighted by Crippen LogP contribution is -2.69. The summed E-state index contributed by atoms with van der Waals surface area (Å²) in [7, 11) is 0. The number of anilines is 2. The molecule has 6 amide bonds. The van der Waals surface area contributed by atoms with Gasteiger partial charge >= 0.3 is 12.0 Å². The number of oxazole rings is 2. The average Bonchev–Trinajstić information content (AvgIpc) is 1.64. The monoisotopic (exact) mass is 1530 g/mol. The Labute approximate surface area is 616 Å². The number of hydrogen-bond acceptors (Lipinski definition) is 33. The van der Waals surface area contributed by atoms with Crippen molar-refractivity contribution in [3.8, 4) is 5.75 Å². The molecule has 8 heterocycles. The predicted octanol–water partition coefficient (Wildman–Crippen LogP) is -9.05. The molecule has 0 radical (unpaired) electrons. The summed E-state index contributed by atoms with van der Waals surface area (Å²) in [5, 5.41) is 185. The SMILES string of the molecule is CC(c1ccccc1)C1NC(=O)CNC(=O)C(CO)NC(=O)C(C(O)C2CN(c3nc4ccccc4o3)C(=N)N2C2OC(CO)C(O)C(O)C2O)NC(=O)C(C(O)C2CN=C(Nc3nc4ccccc4o3)N2)NC(=O)C(Cc2ccc(OC3OC(CO)C(OC4OC(CO)C(O)C(O)C4O)C(O)C3O)cc2)NC1=O. The number of nitrogens with one attached hydrogen (secondary N) is 9. The van der Waals surface area contributed by atoms with E-state index in [1.807, 2.05) is 0 Å². The van der Waals surface area contributed by atoms with Crippen molar-refractivity contribution >= 4 is 81.6 Å². The average molecular weight is 1530 g/mol. The molecule has 23 N–H and O–H groups in total. The van der Waals surface area contributed by atoms with E-state index < -0.39 is 240 Å². The minimum absolute atomic E-state index is 0.0745. The molecule has 41 heteroatoms. The molecule has 0 spiro atoms. The highest BCUT2D eigenvalue weighted by Gasteiger charge is 2.56. The maximum atomic E-state index is 15.8. The highest BCUT2D eigenvalue weighted by molar-refractivity contribution is 6.00. The Morgan fingerprint density at radius 2 is 1.15 bits per heavy atom. The number of aliphatic imine (C=N–C) groups is 1. The molecule has 5 saturated heterocycles. The predicted molar refractivity (Wildman–Crippen MR) is 369 cm³/mol. The molecule has 2 aromatic heterocycles. The molecule has 6 aromatic rings. The van der Waals surface area contributed by atoms with Gasteiger partial charge in [0.15, 0.2) is 29.6 Å². The van der Waals surface area contributed by atoms with E-state index >= 15 is 19.2 Å². The van der Waals surface area contributed by atoms with Crippen LogP contribution in [0.5, 0.6) is 5.75 Å². The number of carbonyl (C=O) groups excluding carboxylic acids is 6. The van der Waals surface area contributed by atoms with Crippen LogP contribution in [0, 0.1) is 5.41 Å². The zero-order valence-corrected chi connectivity index (χ0v) is 57.7. The molecule has 0 aliphatic carbocycles. The van der Waals surface area contributed by atoms with Crippen molar-refractivity contribution in [1.29, 1.82) is 5.41 Å². The van der Waals surface area contributed by atoms with E-state index in [2.05, 4.69) is 57.5 Å². The Balaban J connectivity index is 0.889. The second-order valence-corrected chi connectivity index (χ2v) is 26.8. The number of rotatable bonds is 19. The molecule has 4 aromatic carbocycles. The van der Waals surface area contributed by atoms with E-state index in [0.717, 1.165) is 9.80 Å². The molecular formula is C68H84N14O27. The van der Waals surface area contributed by atoms with Gasteiger partial charge in [-0.15, -0.1) is 0 Å². The van der Waals surface area contributed by atoms with Gasteiger partial charge in [-0.3, -0.25) is 49.4 Å². The summed E-state index contributed by atoms with van der Waals surface area (Å²) in [5.74, 6) is -9.46. The summed E-state index contributed by atoms with van der Waals surface area (Å²) in [4.78, 5) is 105. The number of aromatic nitrogens is 2. The first-order valence-electron chi connectivity index (χ1n) is 34.7. The second kappa shape index (κ2) is 34.0. The summed E-state index contributed by atoms with van der Waals surface area (Å²) in [5.41, 5.74) is 1.93. The van der Waals surface area contributed by atoms with Gasteiger partial charge in [0.25, 0.3) is 0 Å². The number of aliphatic hydroxyl groups excluding tert-OH is 14. The lowest BCUT2D eigenvalue weighted by Gasteiger charge is -2.46. The summed E-state index contributed by atoms with van der Waals surface area (Å²) in [6.45, 7) is -4.39. The number of hydrogen-bond donors (Lipinski definition) is 23. The van der Waals surface area contributed by atoms with Crippen LogP contribution in [0.1, 0.15) is 24.0 Å². The first-order valence-corrected chi connectivity index (χ1v) is 34.7. The number of carbonyl (C=O) groups is 6. The molecular weight excluding hydrogens is 1440 g/mol. The third-order valence-electron chi connectivity index (χ3n) is 19.7. The fraction of sp³-hybridized carbons (Fsp3) is 0.500. The Bertz CT molecular complexity index is 4170.